The number of anilines is 1. The van der Waals surface area contributed by atoms with Gasteiger partial charge in [-0.05, 0) is 26.0 Å². The minimum Gasteiger partial charge on any atom is -0.399 e. The molecule has 6 heteroatoms. The monoisotopic (exact) mass is 295 g/mol. The fourth-order valence-electron chi connectivity index (χ4n) is 2.36. The van der Waals surface area contributed by atoms with E-state index in [1.165, 1.54) is 6.07 Å². The number of morpholine rings is 1. The predicted molar refractivity (Wildman–Crippen MR) is 79.1 cm³/mol. The fourth-order valence-corrected chi connectivity index (χ4v) is 2.36. The van der Waals surface area contributed by atoms with E-state index < -0.39 is 6.04 Å². The molecule has 1 aromatic rings. The maximum absolute atomic E-state index is 13.9. The summed E-state index contributed by atoms with van der Waals surface area (Å²) in [5, 5.41) is 2.88. The summed E-state index contributed by atoms with van der Waals surface area (Å²) < 4.78 is 19.3. The Bertz CT molecular complexity index is 508. The molecule has 1 unspecified atom stereocenters. The highest BCUT2D eigenvalue weighted by molar-refractivity contribution is 5.82. The number of hydrogen-bond donors (Lipinski definition) is 2. The van der Waals surface area contributed by atoms with Crippen LogP contribution in [0.4, 0.5) is 10.1 Å². The minimum atomic E-state index is -0.391. The fraction of sp³-hybridized carbons (Fsp3) is 0.533. The van der Waals surface area contributed by atoms with Crippen LogP contribution in [-0.2, 0) is 16.1 Å². The first-order valence-corrected chi connectivity index (χ1v) is 7.13. The van der Waals surface area contributed by atoms with Gasteiger partial charge in [-0.1, -0.05) is 6.07 Å². The average molecular weight is 295 g/mol. The zero-order valence-corrected chi connectivity index (χ0v) is 12.4. The molecule has 0 radical (unpaired) electrons. The summed E-state index contributed by atoms with van der Waals surface area (Å²) in [4.78, 5) is 14.1. The molecule has 116 valence electrons. The lowest BCUT2D eigenvalue weighted by molar-refractivity contribution is -0.133. The van der Waals surface area contributed by atoms with E-state index in [2.05, 4.69) is 5.32 Å². The van der Waals surface area contributed by atoms with Gasteiger partial charge in [0, 0.05) is 30.4 Å². The number of nitrogens with zero attached hydrogens (tertiary/aromatic N) is 1. The Morgan fingerprint density at radius 3 is 3.00 bits per heavy atom. The van der Waals surface area contributed by atoms with Gasteiger partial charge in [-0.2, -0.15) is 0 Å². The molecule has 1 aromatic carbocycles. The zero-order chi connectivity index (χ0) is 15.4. The summed E-state index contributed by atoms with van der Waals surface area (Å²) in [7, 11) is 0. The molecule has 0 bridgehead atoms. The van der Waals surface area contributed by atoms with Crippen molar-refractivity contribution in [3.8, 4) is 0 Å². The van der Waals surface area contributed by atoms with Gasteiger partial charge in [0.05, 0.1) is 13.2 Å². The number of carbonyl (C=O) groups is 1. The second-order valence-electron chi connectivity index (χ2n) is 5.58. The van der Waals surface area contributed by atoms with Crippen LogP contribution in [0, 0.1) is 5.82 Å². The van der Waals surface area contributed by atoms with Crippen molar-refractivity contribution in [2.24, 2.45) is 0 Å². The van der Waals surface area contributed by atoms with Crippen molar-refractivity contribution in [3.05, 3.63) is 29.6 Å². The van der Waals surface area contributed by atoms with Crippen LogP contribution in [0.1, 0.15) is 19.4 Å². The van der Waals surface area contributed by atoms with Crippen molar-refractivity contribution < 1.29 is 13.9 Å². The lowest BCUT2D eigenvalue weighted by atomic mass is 10.1. The van der Waals surface area contributed by atoms with E-state index in [4.69, 9.17) is 10.5 Å². The molecule has 0 aromatic heterocycles. The highest BCUT2D eigenvalue weighted by Crippen LogP contribution is 2.17. The molecule has 1 aliphatic rings. The first-order chi connectivity index (χ1) is 9.97. The lowest BCUT2D eigenvalue weighted by Gasteiger charge is -2.35. The Labute approximate surface area is 124 Å². The van der Waals surface area contributed by atoms with Gasteiger partial charge in [0.1, 0.15) is 11.9 Å². The molecule has 1 atom stereocenters. The summed E-state index contributed by atoms with van der Waals surface area (Å²) in [6, 6.07) is 4.31. The van der Waals surface area contributed by atoms with Gasteiger partial charge in [-0.25, -0.2) is 4.39 Å². The van der Waals surface area contributed by atoms with Crippen molar-refractivity contribution in [1.82, 2.24) is 10.2 Å². The van der Waals surface area contributed by atoms with Crippen molar-refractivity contribution in [2.45, 2.75) is 32.5 Å². The normalized spacial score (nSPS) is 19.7. The van der Waals surface area contributed by atoms with Crippen LogP contribution in [-0.4, -0.2) is 42.6 Å². The maximum atomic E-state index is 13.9. The number of carbonyl (C=O) groups excluding carboxylic acids is 1. The summed E-state index contributed by atoms with van der Waals surface area (Å²) in [5.74, 6) is -0.426. The Morgan fingerprint density at radius 1 is 1.57 bits per heavy atom. The molecule has 1 aliphatic heterocycles. The molecule has 1 fully saturated rings. The van der Waals surface area contributed by atoms with Crippen LogP contribution in [0.15, 0.2) is 18.2 Å². The number of halogens is 1. The maximum Gasteiger partial charge on any atom is 0.239 e. The van der Waals surface area contributed by atoms with E-state index in [0.29, 0.717) is 37.6 Å². The Kier molecular flexibility index (Phi) is 5.14. The van der Waals surface area contributed by atoms with E-state index >= 15 is 0 Å². The van der Waals surface area contributed by atoms with Crippen LogP contribution in [0.25, 0.3) is 0 Å². The third-order valence-corrected chi connectivity index (χ3v) is 3.42. The Morgan fingerprint density at radius 2 is 2.33 bits per heavy atom. The van der Waals surface area contributed by atoms with Crippen LogP contribution in [0.3, 0.4) is 0 Å². The second kappa shape index (κ2) is 6.87. The first kappa shape index (κ1) is 15.7. The van der Waals surface area contributed by atoms with Gasteiger partial charge in [0.25, 0.3) is 0 Å². The highest BCUT2D eigenvalue weighted by Gasteiger charge is 2.30. The number of amides is 1. The average Bonchev–Trinajstić information content (AvgIpc) is 2.41. The van der Waals surface area contributed by atoms with Gasteiger partial charge < -0.3 is 15.8 Å². The summed E-state index contributed by atoms with van der Waals surface area (Å²) >= 11 is 0. The Hall–Kier alpha value is -1.66. The molecule has 0 saturated carbocycles. The van der Waals surface area contributed by atoms with Gasteiger partial charge in [0.15, 0.2) is 0 Å². The number of benzene rings is 1. The molecular weight excluding hydrogens is 273 g/mol. The van der Waals surface area contributed by atoms with Crippen LogP contribution in [0.5, 0.6) is 0 Å². The minimum absolute atomic E-state index is 0.0644. The van der Waals surface area contributed by atoms with Crippen LogP contribution in [0.2, 0.25) is 0 Å². The lowest BCUT2D eigenvalue weighted by Crippen LogP contribution is -2.54. The molecule has 0 aliphatic carbocycles. The Balaban J connectivity index is 2.09. The quantitative estimate of drug-likeness (QED) is 0.817. The van der Waals surface area contributed by atoms with Crippen molar-refractivity contribution >= 4 is 11.6 Å². The largest absolute Gasteiger partial charge is 0.399 e. The number of hydrogen-bond acceptors (Lipinski definition) is 4. The topological polar surface area (TPSA) is 67.6 Å². The van der Waals surface area contributed by atoms with Gasteiger partial charge >= 0.3 is 0 Å². The van der Waals surface area contributed by atoms with Crippen LogP contribution >= 0.6 is 0 Å². The molecule has 5 nitrogen and oxygen atoms in total. The van der Waals surface area contributed by atoms with Gasteiger partial charge in [0.2, 0.25) is 5.91 Å². The third-order valence-electron chi connectivity index (χ3n) is 3.42. The van der Waals surface area contributed by atoms with E-state index in [1.54, 1.807) is 12.1 Å². The number of nitrogen functional groups attached to an aromatic ring is 1. The number of ether oxygens (including phenoxy) is 1. The van der Waals surface area contributed by atoms with Crippen LogP contribution < -0.4 is 11.1 Å². The summed E-state index contributed by atoms with van der Waals surface area (Å²) in [6.07, 6.45) is 0. The molecule has 3 N–H and O–H groups in total. The van der Waals surface area contributed by atoms with Gasteiger partial charge in [-0.15, -0.1) is 0 Å². The van der Waals surface area contributed by atoms with E-state index in [0.717, 1.165) is 0 Å². The zero-order valence-electron chi connectivity index (χ0n) is 12.4. The van der Waals surface area contributed by atoms with Crippen molar-refractivity contribution in [3.63, 3.8) is 0 Å². The summed E-state index contributed by atoms with van der Waals surface area (Å²) in [5.41, 5.74) is 6.48. The third kappa shape index (κ3) is 4.15. The molecule has 21 heavy (non-hydrogen) atoms. The number of rotatable bonds is 4. The summed E-state index contributed by atoms with van der Waals surface area (Å²) in [6.45, 7) is 5.65. The second-order valence-corrected chi connectivity index (χ2v) is 5.58. The van der Waals surface area contributed by atoms with Gasteiger partial charge in [-0.3, -0.25) is 9.69 Å². The van der Waals surface area contributed by atoms with Crippen molar-refractivity contribution in [2.75, 3.05) is 25.5 Å². The SMILES string of the molecule is CC(C)NC(=O)C1COCCN1Cc1ccc(N)cc1F. The molecule has 1 amide bonds. The van der Waals surface area contributed by atoms with E-state index in [-0.39, 0.29) is 17.8 Å². The number of nitrogens with one attached hydrogen (secondary N) is 1. The van der Waals surface area contributed by atoms with Crippen molar-refractivity contribution in [1.29, 1.82) is 0 Å². The highest BCUT2D eigenvalue weighted by atomic mass is 19.1. The standard InChI is InChI=1S/C15H22FN3O2/c1-10(2)18-15(20)14-9-21-6-5-19(14)8-11-3-4-12(17)7-13(11)16/h3-4,7,10,14H,5-6,8-9,17H2,1-2H3,(H,18,20). The number of nitrogens with two attached hydrogens (primary N) is 1. The molecule has 1 heterocycles. The molecule has 0 spiro atoms. The molecule has 2 rings (SSSR count). The predicted octanol–water partition coefficient (Wildman–Crippen LogP) is 1.13. The smallest absolute Gasteiger partial charge is 0.239 e. The molecular formula is C15H22FN3O2. The molecule has 1 saturated heterocycles. The van der Waals surface area contributed by atoms with E-state index in [9.17, 15) is 9.18 Å². The van der Waals surface area contributed by atoms with E-state index in [1.807, 2.05) is 18.7 Å². The first-order valence-electron chi connectivity index (χ1n) is 7.13.